The van der Waals surface area contributed by atoms with E-state index in [-0.39, 0.29) is 5.91 Å². The van der Waals surface area contributed by atoms with Gasteiger partial charge >= 0.3 is 0 Å². The van der Waals surface area contributed by atoms with Crippen molar-refractivity contribution in [3.05, 3.63) is 59.9 Å². The van der Waals surface area contributed by atoms with E-state index in [1.807, 2.05) is 49.5 Å². The Balaban J connectivity index is 1.87. The number of benzene rings is 2. The number of hydrogen-bond donors (Lipinski definition) is 0. The van der Waals surface area contributed by atoms with Crippen LogP contribution in [0.25, 0.3) is 11.0 Å². The Morgan fingerprint density at radius 1 is 1.15 bits per heavy atom. The molecule has 4 nitrogen and oxygen atoms in total. The van der Waals surface area contributed by atoms with Gasteiger partial charge < -0.3 is 9.47 Å². The van der Waals surface area contributed by atoms with Gasteiger partial charge in [0.05, 0.1) is 23.1 Å². The second-order valence-electron chi connectivity index (χ2n) is 6.58. The van der Waals surface area contributed by atoms with Crippen molar-refractivity contribution in [3.8, 4) is 0 Å². The molecule has 0 unspecified atom stereocenters. The molecule has 3 rings (SSSR count). The summed E-state index contributed by atoms with van der Waals surface area (Å²) in [5, 5.41) is 0.429. The maximum atomic E-state index is 13.0. The smallest absolute Gasteiger partial charge is 0.255 e. The molecule has 26 heavy (non-hydrogen) atoms. The third-order valence-electron chi connectivity index (χ3n) is 4.26. The Labute approximate surface area is 159 Å². The van der Waals surface area contributed by atoms with Crippen LogP contribution in [0.3, 0.4) is 0 Å². The zero-order valence-electron chi connectivity index (χ0n) is 15.8. The van der Waals surface area contributed by atoms with E-state index < -0.39 is 0 Å². The van der Waals surface area contributed by atoms with Crippen LogP contribution in [0.5, 0.6) is 0 Å². The standard InChI is InChI=1S/C21H25N3OS/c1-5-24-18-12-8-7-11-17(18)22-20(24)14-23(4)21(25)16-10-6-9-13-19(16)26-15(2)3/h6-13,15H,5,14H2,1-4H3. The largest absolute Gasteiger partial charge is 0.334 e. The van der Waals surface area contributed by atoms with E-state index in [9.17, 15) is 4.79 Å². The molecule has 0 fully saturated rings. The highest BCUT2D eigenvalue weighted by atomic mass is 32.2. The van der Waals surface area contributed by atoms with Gasteiger partial charge in [-0.25, -0.2) is 4.98 Å². The molecule has 0 aliphatic heterocycles. The first-order chi connectivity index (χ1) is 12.5. The summed E-state index contributed by atoms with van der Waals surface area (Å²) >= 11 is 1.72. The molecule has 0 aliphatic carbocycles. The average molecular weight is 368 g/mol. The Kier molecular flexibility index (Phi) is 5.67. The maximum Gasteiger partial charge on any atom is 0.255 e. The van der Waals surface area contributed by atoms with E-state index in [0.29, 0.717) is 11.8 Å². The summed E-state index contributed by atoms with van der Waals surface area (Å²) in [5.41, 5.74) is 2.84. The molecule has 0 saturated carbocycles. The first-order valence-electron chi connectivity index (χ1n) is 8.96. The molecule has 0 N–H and O–H groups in total. The van der Waals surface area contributed by atoms with Crippen LogP contribution in [-0.4, -0.2) is 32.7 Å². The first-order valence-corrected chi connectivity index (χ1v) is 9.84. The van der Waals surface area contributed by atoms with E-state index >= 15 is 0 Å². The molecule has 5 heteroatoms. The lowest BCUT2D eigenvalue weighted by Gasteiger charge is -2.19. The number of thioether (sulfide) groups is 1. The Bertz CT molecular complexity index is 917. The van der Waals surface area contributed by atoms with Gasteiger partial charge in [0, 0.05) is 23.7 Å². The second kappa shape index (κ2) is 7.96. The van der Waals surface area contributed by atoms with E-state index in [2.05, 4.69) is 31.4 Å². The predicted molar refractivity (Wildman–Crippen MR) is 109 cm³/mol. The number of nitrogens with zero attached hydrogens (tertiary/aromatic N) is 3. The molecule has 1 amide bonds. The van der Waals surface area contributed by atoms with Crippen molar-refractivity contribution >= 4 is 28.7 Å². The van der Waals surface area contributed by atoms with Crippen LogP contribution in [-0.2, 0) is 13.1 Å². The van der Waals surface area contributed by atoms with Crippen LogP contribution in [0.4, 0.5) is 0 Å². The zero-order valence-corrected chi connectivity index (χ0v) is 16.6. The van der Waals surface area contributed by atoms with Crippen LogP contribution in [0, 0.1) is 0 Å². The number of aromatic nitrogens is 2. The lowest BCUT2D eigenvalue weighted by Crippen LogP contribution is -2.28. The van der Waals surface area contributed by atoms with Gasteiger partial charge in [0.15, 0.2) is 0 Å². The molecule has 0 spiro atoms. The van der Waals surface area contributed by atoms with Gasteiger partial charge in [-0.2, -0.15) is 0 Å². The topological polar surface area (TPSA) is 38.1 Å². The van der Waals surface area contributed by atoms with Gasteiger partial charge in [0.1, 0.15) is 5.82 Å². The van der Waals surface area contributed by atoms with Crippen molar-refractivity contribution < 1.29 is 4.79 Å². The molecule has 3 aromatic rings. The average Bonchev–Trinajstić information content (AvgIpc) is 2.98. The maximum absolute atomic E-state index is 13.0. The molecule has 0 saturated heterocycles. The number of para-hydroxylation sites is 2. The molecular weight excluding hydrogens is 342 g/mol. The van der Waals surface area contributed by atoms with Crippen LogP contribution in [0.1, 0.15) is 37.0 Å². The van der Waals surface area contributed by atoms with Gasteiger partial charge in [-0.1, -0.05) is 38.1 Å². The highest BCUT2D eigenvalue weighted by molar-refractivity contribution is 8.00. The Morgan fingerprint density at radius 3 is 2.58 bits per heavy atom. The lowest BCUT2D eigenvalue weighted by molar-refractivity contribution is 0.0777. The number of imidazole rings is 1. The fourth-order valence-corrected chi connectivity index (χ4v) is 4.04. The van der Waals surface area contributed by atoms with Gasteiger partial charge in [-0.15, -0.1) is 11.8 Å². The summed E-state index contributed by atoms with van der Waals surface area (Å²) < 4.78 is 2.17. The molecular formula is C21H25N3OS. The fourth-order valence-electron chi connectivity index (χ4n) is 3.09. The van der Waals surface area contributed by atoms with E-state index in [1.165, 1.54) is 0 Å². The van der Waals surface area contributed by atoms with Crippen LogP contribution < -0.4 is 0 Å². The summed E-state index contributed by atoms with van der Waals surface area (Å²) in [6, 6.07) is 15.9. The number of fused-ring (bicyclic) bond motifs is 1. The lowest BCUT2D eigenvalue weighted by atomic mass is 10.2. The van der Waals surface area contributed by atoms with Crippen molar-refractivity contribution in [1.82, 2.24) is 14.5 Å². The molecule has 2 aromatic carbocycles. The highest BCUT2D eigenvalue weighted by Gasteiger charge is 2.19. The number of aryl methyl sites for hydroxylation is 1. The molecule has 136 valence electrons. The van der Waals surface area contributed by atoms with Gasteiger partial charge in [-0.05, 0) is 31.2 Å². The minimum absolute atomic E-state index is 0.0310. The summed E-state index contributed by atoms with van der Waals surface area (Å²) in [4.78, 5) is 20.6. The quantitative estimate of drug-likeness (QED) is 0.586. The van der Waals surface area contributed by atoms with E-state index in [4.69, 9.17) is 4.98 Å². The number of rotatable bonds is 6. The normalized spacial score (nSPS) is 11.3. The number of carbonyl (C=O) groups excluding carboxylic acids is 1. The number of hydrogen-bond acceptors (Lipinski definition) is 3. The molecule has 0 bridgehead atoms. The minimum Gasteiger partial charge on any atom is -0.334 e. The SMILES string of the molecule is CCn1c(CN(C)C(=O)c2ccccc2SC(C)C)nc2ccccc21. The summed E-state index contributed by atoms with van der Waals surface area (Å²) in [7, 11) is 1.85. The van der Waals surface area contributed by atoms with Crippen molar-refractivity contribution in [2.24, 2.45) is 0 Å². The van der Waals surface area contributed by atoms with Crippen LogP contribution in [0.2, 0.25) is 0 Å². The van der Waals surface area contributed by atoms with E-state index in [0.717, 1.165) is 33.9 Å². The van der Waals surface area contributed by atoms with Crippen LogP contribution >= 0.6 is 11.8 Å². The summed E-state index contributed by atoms with van der Waals surface area (Å²) in [6.45, 7) is 7.70. The Hall–Kier alpha value is -2.27. The Morgan fingerprint density at radius 2 is 1.85 bits per heavy atom. The number of amides is 1. The van der Waals surface area contributed by atoms with Crippen molar-refractivity contribution in [1.29, 1.82) is 0 Å². The third-order valence-corrected chi connectivity index (χ3v) is 5.34. The monoisotopic (exact) mass is 367 g/mol. The fraction of sp³-hybridized carbons (Fsp3) is 0.333. The molecule has 0 radical (unpaired) electrons. The van der Waals surface area contributed by atoms with Gasteiger partial charge in [0.2, 0.25) is 0 Å². The van der Waals surface area contributed by atoms with Crippen molar-refractivity contribution in [2.45, 2.75) is 44.0 Å². The second-order valence-corrected chi connectivity index (χ2v) is 8.20. The zero-order chi connectivity index (χ0) is 18.7. The summed E-state index contributed by atoms with van der Waals surface area (Å²) in [6.07, 6.45) is 0. The first kappa shape index (κ1) is 18.5. The highest BCUT2D eigenvalue weighted by Crippen LogP contribution is 2.27. The van der Waals surface area contributed by atoms with Gasteiger partial charge in [-0.3, -0.25) is 4.79 Å². The molecule has 1 heterocycles. The molecule has 1 aromatic heterocycles. The van der Waals surface area contributed by atoms with Gasteiger partial charge in [0.25, 0.3) is 5.91 Å². The third kappa shape index (κ3) is 3.78. The van der Waals surface area contributed by atoms with Crippen LogP contribution in [0.15, 0.2) is 53.4 Å². The van der Waals surface area contributed by atoms with Crippen molar-refractivity contribution in [2.75, 3.05) is 7.05 Å². The number of carbonyl (C=O) groups is 1. The molecule has 0 atom stereocenters. The minimum atomic E-state index is 0.0310. The molecule has 0 aliphatic rings. The predicted octanol–water partition coefficient (Wildman–Crippen LogP) is 4.83. The van der Waals surface area contributed by atoms with Crippen molar-refractivity contribution in [3.63, 3.8) is 0 Å². The van der Waals surface area contributed by atoms with E-state index in [1.54, 1.807) is 16.7 Å². The summed E-state index contributed by atoms with van der Waals surface area (Å²) in [5.74, 6) is 0.946.